The van der Waals surface area contributed by atoms with E-state index in [0.717, 1.165) is 68.4 Å². The molecule has 4 rings (SSSR count). The van der Waals surface area contributed by atoms with Crippen LogP contribution < -0.4 is 15.4 Å². The van der Waals surface area contributed by atoms with E-state index in [1.165, 1.54) is 12.0 Å². The number of methoxy groups -OCH3 is 1. The van der Waals surface area contributed by atoms with Crippen LogP contribution in [0.25, 0.3) is 11.1 Å². The van der Waals surface area contributed by atoms with E-state index in [1.807, 2.05) is 81.2 Å². The Morgan fingerprint density at radius 3 is 2.22 bits per heavy atom. The van der Waals surface area contributed by atoms with E-state index in [1.54, 1.807) is 31.1 Å². The van der Waals surface area contributed by atoms with Crippen molar-refractivity contribution in [2.75, 3.05) is 84.7 Å². The van der Waals surface area contributed by atoms with Gasteiger partial charge in [-0.1, -0.05) is 66.6 Å². The second kappa shape index (κ2) is 22.4. The number of carbonyl (C=O) groups is 4. The zero-order valence-electron chi connectivity index (χ0n) is 35.8. The number of carboxylic acid groups (broad SMARTS) is 1. The molecular weight excluding hydrogens is 772 g/mol. The van der Waals surface area contributed by atoms with Gasteiger partial charge in [0.05, 0.1) is 29.1 Å². The minimum Gasteiger partial charge on any atom is -0.496 e. The van der Waals surface area contributed by atoms with Gasteiger partial charge < -0.3 is 39.5 Å². The number of nitrogens with zero attached hydrogens (tertiary/aromatic N) is 4. The number of ether oxygens (including phenoxy) is 2. The molecule has 1 fully saturated rings. The third kappa shape index (κ3) is 14.3. The summed E-state index contributed by atoms with van der Waals surface area (Å²) in [7, 11) is 6.76. The minimum atomic E-state index is -1.07. The van der Waals surface area contributed by atoms with Gasteiger partial charge >= 0.3 is 12.2 Å². The molecule has 59 heavy (non-hydrogen) atoms. The third-order valence-corrected chi connectivity index (χ3v) is 10.9. The van der Waals surface area contributed by atoms with Gasteiger partial charge in [0.2, 0.25) is 5.91 Å². The molecule has 3 aromatic carbocycles. The van der Waals surface area contributed by atoms with E-state index < -0.39 is 17.8 Å². The first-order chi connectivity index (χ1) is 28.1. The van der Waals surface area contributed by atoms with Crippen molar-refractivity contribution in [3.05, 3.63) is 76.8 Å². The summed E-state index contributed by atoms with van der Waals surface area (Å²) in [5, 5.41) is 16.1. The lowest BCUT2D eigenvalue weighted by molar-refractivity contribution is -0.130. The summed E-state index contributed by atoms with van der Waals surface area (Å²) in [6.07, 6.45) is 3.87. The summed E-state index contributed by atoms with van der Waals surface area (Å²) in [6, 6.07) is 19.2. The predicted octanol–water partition coefficient (Wildman–Crippen LogP) is 8.74. The topological polar surface area (TPSA) is 144 Å². The molecule has 0 unspecified atom stereocenters. The zero-order chi connectivity index (χ0) is 43.1. The number of anilines is 2. The lowest BCUT2D eigenvalue weighted by atomic mass is 9.86. The maximum atomic E-state index is 13.3. The zero-order valence-corrected chi connectivity index (χ0v) is 36.6. The molecular formula is C45H63ClN6O7. The first-order valence-corrected chi connectivity index (χ1v) is 20.9. The average molecular weight is 835 g/mol. The molecule has 3 N–H and O–H groups in total. The molecule has 0 radical (unpaired) electrons. The monoisotopic (exact) mass is 834 g/mol. The van der Waals surface area contributed by atoms with Gasteiger partial charge in [-0.15, -0.1) is 0 Å². The van der Waals surface area contributed by atoms with Crippen LogP contribution in [0.5, 0.6) is 5.75 Å². The number of hydrogen-bond acceptors (Lipinski definition) is 8. The maximum absolute atomic E-state index is 13.3. The van der Waals surface area contributed by atoms with Gasteiger partial charge in [-0.25, -0.2) is 9.59 Å². The van der Waals surface area contributed by atoms with Crippen LogP contribution in [-0.4, -0.2) is 128 Å². The molecule has 322 valence electrons. The Morgan fingerprint density at radius 1 is 0.864 bits per heavy atom. The van der Waals surface area contributed by atoms with Gasteiger partial charge in [-0.2, -0.15) is 0 Å². The average Bonchev–Trinajstić information content (AvgIpc) is 3.20. The van der Waals surface area contributed by atoms with Gasteiger partial charge in [0, 0.05) is 71.9 Å². The molecule has 13 nitrogen and oxygen atoms in total. The number of benzene rings is 3. The van der Waals surface area contributed by atoms with Crippen LogP contribution in [0.4, 0.5) is 21.0 Å². The molecule has 0 atom stereocenters. The van der Waals surface area contributed by atoms with Crippen LogP contribution in [0.3, 0.4) is 0 Å². The van der Waals surface area contributed by atoms with Crippen LogP contribution in [0.2, 0.25) is 5.02 Å². The number of likely N-dealkylation sites (N-methyl/N-ethyl adjacent to an activating group) is 1. The molecule has 0 spiro atoms. The van der Waals surface area contributed by atoms with Crippen LogP contribution in [0.15, 0.2) is 60.7 Å². The molecule has 0 bridgehead atoms. The molecule has 0 saturated carbocycles. The predicted molar refractivity (Wildman–Crippen MR) is 235 cm³/mol. The first-order valence-electron chi connectivity index (χ1n) is 20.5. The Kier molecular flexibility index (Phi) is 17.7. The molecule has 1 aliphatic heterocycles. The molecule has 1 saturated heterocycles. The van der Waals surface area contributed by atoms with Crippen molar-refractivity contribution in [3.8, 4) is 16.9 Å². The third-order valence-electron chi connectivity index (χ3n) is 10.6. The number of para-hydroxylation sites is 1. The van der Waals surface area contributed by atoms with E-state index in [9.17, 15) is 24.3 Å². The van der Waals surface area contributed by atoms with Crippen molar-refractivity contribution >= 4 is 47.0 Å². The second-order valence-corrected chi connectivity index (χ2v) is 16.7. The van der Waals surface area contributed by atoms with E-state index in [4.69, 9.17) is 21.1 Å². The summed E-state index contributed by atoms with van der Waals surface area (Å²) < 4.78 is 11.0. The highest BCUT2D eigenvalue weighted by molar-refractivity contribution is 6.33. The highest BCUT2D eigenvalue weighted by atomic mass is 35.5. The number of likely N-dealkylation sites (tertiary alicyclic amines) is 1. The van der Waals surface area contributed by atoms with Crippen molar-refractivity contribution in [1.29, 1.82) is 0 Å². The fraction of sp³-hybridized carbons (Fsp3) is 0.511. The number of amides is 4. The number of unbranched alkanes of at least 4 members (excludes halogenated alkanes) is 2. The molecule has 0 aliphatic carbocycles. The van der Waals surface area contributed by atoms with E-state index in [0.29, 0.717) is 66.7 Å². The number of rotatable bonds is 19. The Balaban J connectivity index is 1.15. The Morgan fingerprint density at radius 2 is 1.56 bits per heavy atom. The molecule has 3 aromatic rings. The van der Waals surface area contributed by atoms with E-state index in [2.05, 4.69) is 15.5 Å². The van der Waals surface area contributed by atoms with Gasteiger partial charge in [0.15, 0.2) is 0 Å². The van der Waals surface area contributed by atoms with Crippen molar-refractivity contribution in [3.63, 3.8) is 0 Å². The summed E-state index contributed by atoms with van der Waals surface area (Å²) in [5.74, 6) is 0.542. The van der Waals surface area contributed by atoms with E-state index in [-0.39, 0.29) is 17.7 Å². The fourth-order valence-electron chi connectivity index (χ4n) is 7.20. The molecule has 14 heteroatoms. The van der Waals surface area contributed by atoms with Gasteiger partial charge in [-0.05, 0) is 89.1 Å². The second-order valence-electron chi connectivity index (χ2n) is 16.2. The van der Waals surface area contributed by atoms with Crippen molar-refractivity contribution < 1.29 is 33.8 Å². The number of nitrogens with one attached hydrogen (secondary N) is 2. The standard InChI is InChI=1S/C45H63ClN6O7/c1-45(2,3)59-44(57)51(6)25-15-24-50(5)42(54)36-30-37(46)38(31-39(36)58-7)47-23-13-9-12-20-40(53)49(4)28-29-52-26-21-33(22-27-52)35-19-14-18-34(41(35)48-43(55)56)32-16-10-8-11-17-32/h8,10-11,14,16-19,30-31,33,47-48H,9,12-13,15,20-29H2,1-7H3,(H,55,56). The largest absolute Gasteiger partial charge is 0.496 e. The number of hydrogen-bond donors (Lipinski definition) is 3. The molecule has 1 aliphatic rings. The molecule has 4 amide bonds. The summed E-state index contributed by atoms with van der Waals surface area (Å²) in [4.78, 5) is 57.5. The number of carbonyl (C=O) groups excluding carboxylic acids is 3. The Bertz CT molecular complexity index is 1860. The molecule has 1 heterocycles. The fourth-order valence-corrected chi connectivity index (χ4v) is 7.43. The van der Waals surface area contributed by atoms with Crippen molar-refractivity contribution in [1.82, 2.24) is 19.6 Å². The van der Waals surface area contributed by atoms with Crippen LogP contribution in [0, 0.1) is 0 Å². The van der Waals surface area contributed by atoms with Crippen molar-refractivity contribution in [2.45, 2.75) is 77.2 Å². The normalized spacial score (nSPS) is 13.4. The van der Waals surface area contributed by atoms with Gasteiger partial charge in [-0.3, -0.25) is 14.9 Å². The summed E-state index contributed by atoms with van der Waals surface area (Å²) >= 11 is 6.60. The molecule has 0 aromatic heterocycles. The summed E-state index contributed by atoms with van der Waals surface area (Å²) in [6.45, 7) is 10.2. The number of halogens is 1. The Hall–Kier alpha value is -5.01. The highest BCUT2D eigenvalue weighted by Crippen LogP contribution is 2.39. The minimum absolute atomic E-state index is 0.128. The lowest BCUT2D eigenvalue weighted by Crippen LogP contribution is -2.40. The summed E-state index contributed by atoms with van der Waals surface area (Å²) in [5.41, 5.74) is 4.00. The van der Waals surface area contributed by atoms with Crippen LogP contribution in [0.1, 0.15) is 87.6 Å². The van der Waals surface area contributed by atoms with Gasteiger partial charge in [0.1, 0.15) is 11.4 Å². The first kappa shape index (κ1) is 46.7. The lowest BCUT2D eigenvalue weighted by Gasteiger charge is -2.34. The van der Waals surface area contributed by atoms with Gasteiger partial charge in [0.25, 0.3) is 5.91 Å². The van der Waals surface area contributed by atoms with Crippen molar-refractivity contribution in [2.24, 2.45) is 0 Å². The van der Waals surface area contributed by atoms with Crippen LogP contribution >= 0.6 is 11.6 Å². The highest BCUT2D eigenvalue weighted by Gasteiger charge is 2.26. The SMILES string of the molecule is COc1cc(NCCCCCC(=O)N(C)CCN2CCC(c3cccc(-c4ccccc4)c3NC(=O)O)CC2)c(Cl)cc1C(=O)N(C)CCCN(C)C(=O)OC(C)(C)C. The quantitative estimate of drug-likeness (QED) is 0.101. The smallest absolute Gasteiger partial charge is 0.410 e. The Labute approximate surface area is 355 Å². The maximum Gasteiger partial charge on any atom is 0.410 e. The number of piperidine rings is 1. The van der Waals surface area contributed by atoms with E-state index >= 15 is 0 Å². The van der Waals surface area contributed by atoms with Crippen LogP contribution in [-0.2, 0) is 9.53 Å².